The summed E-state index contributed by atoms with van der Waals surface area (Å²) in [5, 5.41) is 9.16. The smallest absolute Gasteiger partial charge is 0.275 e. The lowest BCUT2D eigenvalue weighted by Gasteiger charge is -2.37. The molecule has 1 saturated carbocycles. The summed E-state index contributed by atoms with van der Waals surface area (Å²) < 4.78 is 0. The molecule has 110 valence electrons. The number of aliphatic hydroxyl groups excluding tert-OH is 1. The van der Waals surface area contributed by atoms with Crippen molar-refractivity contribution in [2.24, 2.45) is 0 Å². The highest BCUT2D eigenvalue weighted by Crippen LogP contribution is 2.26. The molecule has 20 heavy (non-hydrogen) atoms. The molecule has 0 spiro atoms. The number of hydrogen-bond donors (Lipinski definition) is 2. The molecule has 6 heteroatoms. The van der Waals surface area contributed by atoms with Gasteiger partial charge < -0.3 is 15.7 Å². The summed E-state index contributed by atoms with van der Waals surface area (Å²) in [7, 11) is 0. The molecule has 0 aromatic carbocycles. The van der Waals surface area contributed by atoms with Gasteiger partial charge in [-0.05, 0) is 19.3 Å². The van der Waals surface area contributed by atoms with Crippen molar-refractivity contribution in [3.63, 3.8) is 0 Å². The Bertz CT molecular complexity index is 486. The Kier molecular flexibility index (Phi) is 4.54. The molecule has 1 aliphatic rings. The third-order valence-electron chi connectivity index (χ3n) is 3.67. The highest BCUT2D eigenvalue weighted by Gasteiger charge is 2.30. The molecule has 1 fully saturated rings. The van der Waals surface area contributed by atoms with Gasteiger partial charge >= 0.3 is 0 Å². The second-order valence-electron chi connectivity index (χ2n) is 5.49. The van der Waals surface area contributed by atoms with E-state index in [4.69, 9.17) is 10.8 Å². The molecule has 0 bridgehead atoms. The number of nitrogens with two attached hydrogens (primary N) is 1. The number of hydrogen-bond acceptors (Lipinski definition) is 5. The third-order valence-corrected chi connectivity index (χ3v) is 3.67. The van der Waals surface area contributed by atoms with Crippen LogP contribution in [0.3, 0.4) is 0 Å². The lowest BCUT2D eigenvalue weighted by atomic mass is 9.91. The van der Waals surface area contributed by atoms with Crippen molar-refractivity contribution in [2.75, 3.05) is 18.9 Å². The molecule has 6 nitrogen and oxygen atoms in total. The van der Waals surface area contributed by atoms with Crippen LogP contribution in [0.1, 0.15) is 55.3 Å². The van der Waals surface area contributed by atoms with Crippen molar-refractivity contribution < 1.29 is 9.90 Å². The van der Waals surface area contributed by atoms with E-state index in [0.717, 1.165) is 19.3 Å². The van der Waals surface area contributed by atoms with Crippen LogP contribution < -0.4 is 5.73 Å². The predicted molar refractivity (Wildman–Crippen MR) is 76.3 cm³/mol. The van der Waals surface area contributed by atoms with Crippen molar-refractivity contribution in [3.05, 3.63) is 17.7 Å². The van der Waals surface area contributed by atoms with Crippen LogP contribution in [0.4, 0.5) is 5.69 Å². The fourth-order valence-corrected chi connectivity index (χ4v) is 2.25. The minimum Gasteiger partial charge on any atom is -0.396 e. The monoisotopic (exact) mass is 278 g/mol. The largest absolute Gasteiger partial charge is 0.396 e. The Hall–Kier alpha value is -1.69. The Morgan fingerprint density at radius 2 is 2.25 bits per heavy atom. The van der Waals surface area contributed by atoms with E-state index in [-0.39, 0.29) is 30.2 Å². The number of carbonyl (C=O) groups excluding carboxylic acids is 1. The molecule has 2 rings (SSSR count). The van der Waals surface area contributed by atoms with Crippen molar-refractivity contribution in [3.8, 4) is 0 Å². The average Bonchev–Trinajstić information content (AvgIpc) is 2.35. The van der Waals surface area contributed by atoms with Crippen molar-refractivity contribution in [1.29, 1.82) is 0 Å². The molecule has 0 aliphatic heterocycles. The Morgan fingerprint density at radius 3 is 2.75 bits per heavy atom. The number of amides is 1. The zero-order valence-corrected chi connectivity index (χ0v) is 12.0. The zero-order valence-electron chi connectivity index (χ0n) is 12.0. The molecule has 0 unspecified atom stereocenters. The van der Waals surface area contributed by atoms with Crippen LogP contribution in [-0.2, 0) is 0 Å². The summed E-state index contributed by atoms with van der Waals surface area (Å²) in [6, 6.07) is 0.200. The van der Waals surface area contributed by atoms with Gasteiger partial charge in [0.15, 0.2) is 5.69 Å². The fourth-order valence-electron chi connectivity index (χ4n) is 2.25. The number of rotatable bonds is 5. The molecule has 1 aliphatic carbocycles. The quantitative estimate of drug-likeness (QED) is 0.843. The van der Waals surface area contributed by atoms with Gasteiger partial charge in [0.25, 0.3) is 5.91 Å². The molecule has 1 aromatic heterocycles. The van der Waals surface area contributed by atoms with E-state index in [1.54, 1.807) is 4.90 Å². The lowest BCUT2D eigenvalue weighted by molar-refractivity contribution is 0.0520. The molecule has 1 heterocycles. The minimum absolute atomic E-state index is 0.0513. The van der Waals surface area contributed by atoms with Gasteiger partial charge in [-0.3, -0.25) is 4.79 Å². The van der Waals surface area contributed by atoms with Gasteiger partial charge in [0, 0.05) is 18.5 Å². The first-order chi connectivity index (χ1) is 9.54. The predicted octanol–water partition coefficient (Wildman–Crippen LogP) is 1.17. The minimum atomic E-state index is -0.203. The van der Waals surface area contributed by atoms with Gasteiger partial charge in [-0.1, -0.05) is 13.8 Å². The average molecular weight is 278 g/mol. The Labute approximate surface area is 119 Å². The van der Waals surface area contributed by atoms with E-state index in [1.165, 1.54) is 6.20 Å². The Morgan fingerprint density at radius 1 is 1.55 bits per heavy atom. The number of carbonyl (C=O) groups is 1. The first kappa shape index (κ1) is 14.7. The van der Waals surface area contributed by atoms with E-state index >= 15 is 0 Å². The highest BCUT2D eigenvalue weighted by atomic mass is 16.3. The first-order valence-corrected chi connectivity index (χ1v) is 7.08. The maximum Gasteiger partial charge on any atom is 0.275 e. The fraction of sp³-hybridized carbons (Fsp3) is 0.643. The summed E-state index contributed by atoms with van der Waals surface area (Å²) in [5.41, 5.74) is 6.40. The summed E-state index contributed by atoms with van der Waals surface area (Å²) in [6.07, 6.45) is 4.57. The number of anilines is 1. The summed E-state index contributed by atoms with van der Waals surface area (Å²) in [4.78, 5) is 22.8. The molecular weight excluding hydrogens is 256 g/mol. The molecule has 0 radical (unpaired) electrons. The normalized spacial score (nSPS) is 15.2. The van der Waals surface area contributed by atoms with Gasteiger partial charge in [-0.25, -0.2) is 9.97 Å². The number of aromatic nitrogens is 2. The van der Waals surface area contributed by atoms with E-state index in [1.807, 2.05) is 13.8 Å². The van der Waals surface area contributed by atoms with Gasteiger partial charge in [0.1, 0.15) is 5.82 Å². The van der Waals surface area contributed by atoms with Gasteiger partial charge in [0.05, 0.1) is 18.5 Å². The zero-order chi connectivity index (χ0) is 14.7. The van der Waals surface area contributed by atoms with Gasteiger partial charge in [-0.15, -0.1) is 0 Å². The van der Waals surface area contributed by atoms with Crippen LogP contribution in [0.2, 0.25) is 0 Å². The number of nitrogens with zero attached hydrogens (tertiary/aromatic N) is 3. The topological polar surface area (TPSA) is 92.3 Å². The highest BCUT2D eigenvalue weighted by molar-refractivity contribution is 5.97. The van der Waals surface area contributed by atoms with Crippen LogP contribution in [0.25, 0.3) is 0 Å². The maximum absolute atomic E-state index is 12.6. The molecular formula is C14H22N4O2. The van der Waals surface area contributed by atoms with Gasteiger partial charge in [0.2, 0.25) is 0 Å². The number of aliphatic hydroxyl groups is 1. The van der Waals surface area contributed by atoms with E-state index in [0.29, 0.717) is 18.1 Å². The van der Waals surface area contributed by atoms with E-state index in [9.17, 15) is 4.79 Å². The lowest BCUT2D eigenvalue weighted by Crippen LogP contribution is -2.46. The second-order valence-corrected chi connectivity index (χ2v) is 5.49. The molecule has 3 N–H and O–H groups in total. The van der Waals surface area contributed by atoms with Gasteiger partial charge in [-0.2, -0.15) is 0 Å². The van der Waals surface area contributed by atoms with Crippen LogP contribution in [0.15, 0.2) is 6.20 Å². The van der Waals surface area contributed by atoms with Crippen molar-refractivity contribution >= 4 is 11.6 Å². The molecule has 0 saturated heterocycles. The first-order valence-electron chi connectivity index (χ1n) is 7.08. The molecule has 1 aromatic rings. The third kappa shape index (κ3) is 2.90. The summed E-state index contributed by atoms with van der Waals surface area (Å²) in [5.74, 6) is 0.544. The molecule has 1 amide bonds. The van der Waals surface area contributed by atoms with Crippen LogP contribution >= 0.6 is 0 Å². The maximum atomic E-state index is 12.6. The van der Waals surface area contributed by atoms with Crippen LogP contribution in [0, 0.1) is 0 Å². The van der Waals surface area contributed by atoms with Crippen molar-refractivity contribution in [2.45, 2.75) is 45.1 Å². The van der Waals surface area contributed by atoms with Crippen molar-refractivity contribution in [1.82, 2.24) is 14.9 Å². The van der Waals surface area contributed by atoms with Crippen LogP contribution in [-0.4, -0.2) is 45.1 Å². The number of nitrogen functional groups attached to an aromatic ring is 1. The van der Waals surface area contributed by atoms with Crippen LogP contribution in [0.5, 0.6) is 0 Å². The Balaban J connectivity index is 2.27. The summed E-state index contributed by atoms with van der Waals surface area (Å²) in [6.45, 7) is 4.21. The second kappa shape index (κ2) is 6.17. The van der Waals surface area contributed by atoms with E-state index in [2.05, 4.69) is 9.97 Å². The molecule has 0 atom stereocenters. The standard InChI is InChI=1S/C14H22N4O2/c1-9(2)13-16-8-11(15)12(17-13)14(20)18(6-7-19)10-4-3-5-10/h8-10,19H,3-7,15H2,1-2H3. The van der Waals surface area contributed by atoms with E-state index < -0.39 is 0 Å². The summed E-state index contributed by atoms with van der Waals surface area (Å²) >= 11 is 0. The SMILES string of the molecule is CC(C)c1ncc(N)c(C(=O)N(CCO)C2CCC2)n1.